The van der Waals surface area contributed by atoms with Gasteiger partial charge < -0.3 is 11.1 Å². The summed E-state index contributed by atoms with van der Waals surface area (Å²) in [6.07, 6.45) is 5.12. The normalized spacial score (nSPS) is 20.9. The summed E-state index contributed by atoms with van der Waals surface area (Å²) < 4.78 is 0. The molecule has 4 N–H and O–H groups in total. The van der Waals surface area contributed by atoms with Crippen LogP contribution in [0.1, 0.15) is 25.7 Å². The molecule has 1 aliphatic rings. The Kier molecular flexibility index (Phi) is 3.85. The molecule has 5 nitrogen and oxygen atoms in total. The topological polar surface area (TPSA) is 79.6 Å². The molecule has 0 radical (unpaired) electrons. The average molecular weight is 227 g/mol. The van der Waals surface area contributed by atoms with Gasteiger partial charge in [-0.15, -0.1) is 5.10 Å². The number of rotatable bonds is 5. The van der Waals surface area contributed by atoms with Crippen molar-refractivity contribution in [3.05, 3.63) is 0 Å². The van der Waals surface area contributed by atoms with E-state index >= 15 is 0 Å². The van der Waals surface area contributed by atoms with Gasteiger partial charge in [0.25, 0.3) is 0 Å². The van der Waals surface area contributed by atoms with Crippen LogP contribution < -0.4 is 11.1 Å². The van der Waals surface area contributed by atoms with Gasteiger partial charge in [-0.2, -0.15) is 4.98 Å². The van der Waals surface area contributed by atoms with Gasteiger partial charge in [-0.05, 0) is 32.2 Å². The number of nitrogens with one attached hydrogen (secondary N) is 2. The standard InChI is InChI=1S/C9H17N5S/c10-8-12-9(14-13-8)15-6-2-4-7-3-1-5-11-7/h7,11H,1-6H2,(H3,10,12,13,14). The van der Waals surface area contributed by atoms with E-state index in [9.17, 15) is 0 Å². The second-order valence-corrected chi connectivity index (χ2v) is 4.85. The number of hydrogen-bond acceptors (Lipinski definition) is 5. The number of aromatic amines is 1. The first-order valence-corrected chi connectivity index (χ1v) is 6.37. The van der Waals surface area contributed by atoms with Gasteiger partial charge in [-0.25, -0.2) is 5.10 Å². The predicted molar refractivity (Wildman–Crippen MR) is 61.8 cm³/mol. The molecule has 1 saturated heterocycles. The Morgan fingerprint density at radius 3 is 3.13 bits per heavy atom. The number of H-pyrrole nitrogens is 1. The number of nitrogens with zero attached hydrogens (tertiary/aromatic N) is 2. The lowest BCUT2D eigenvalue weighted by Crippen LogP contribution is -2.20. The zero-order valence-corrected chi connectivity index (χ0v) is 9.52. The van der Waals surface area contributed by atoms with Gasteiger partial charge in [0.1, 0.15) is 0 Å². The Morgan fingerprint density at radius 1 is 1.53 bits per heavy atom. The van der Waals surface area contributed by atoms with E-state index in [1.165, 1.54) is 32.2 Å². The van der Waals surface area contributed by atoms with Crippen LogP contribution in [0.5, 0.6) is 0 Å². The Balaban J connectivity index is 1.58. The fourth-order valence-corrected chi connectivity index (χ4v) is 2.59. The number of hydrogen-bond donors (Lipinski definition) is 3. The number of nitrogen functional groups attached to an aromatic ring is 1. The van der Waals surface area contributed by atoms with Crippen LogP contribution in [0.3, 0.4) is 0 Å². The molecule has 2 rings (SSSR count). The van der Waals surface area contributed by atoms with Crippen molar-refractivity contribution < 1.29 is 0 Å². The SMILES string of the molecule is Nc1nc(SCCCC2CCCN2)n[nH]1. The van der Waals surface area contributed by atoms with Gasteiger partial charge in [0.05, 0.1) is 0 Å². The summed E-state index contributed by atoms with van der Waals surface area (Å²) in [6.45, 7) is 1.19. The largest absolute Gasteiger partial charge is 0.368 e. The summed E-state index contributed by atoms with van der Waals surface area (Å²) in [4.78, 5) is 4.04. The summed E-state index contributed by atoms with van der Waals surface area (Å²) in [5, 5.41) is 10.9. The lowest BCUT2D eigenvalue weighted by atomic mass is 10.1. The molecule has 1 atom stereocenters. The molecule has 1 aromatic heterocycles. The van der Waals surface area contributed by atoms with Gasteiger partial charge in [0.2, 0.25) is 11.1 Å². The van der Waals surface area contributed by atoms with Gasteiger partial charge in [-0.1, -0.05) is 11.8 Å². The molecule has 1 unspecified atom stereocenters. The molecule has 2 heterocycles. The summed E-state index contributed by atoms with van der Waals surface area (Å²) in [5.74, 6) is 1.46. The minimum Gasteiger partial charge on any atom is -0.368 e. The molecule has 0 aromatic carbocycles. The highest BCUT2D eigenvalue weighted by molar-refractivity contribution is 7.99. The molecule has 0 spiro atoms. The summed E-state index contributed by atoms with van der Waals surface area (Å²) in [5.41, 5.74) is 5.43. The highest BCUT2D eigenvalue weighted by Gasteiger charge is 2.13. The first-order valence-electron chi connectivity index (χ1n) is 5.38. The molecule has 1 fully saturated rings. The van der Waals surface area contributed by atoms with Crippen molar-refractivity contribution in [1.29, 1.82) is 0 Å². The van der Waals surface area contributed by atoms with Crippen LogP contribution in [0.2, 0.25) is 0 Å². The minimum atomic E-state index is 0.398. The third kappa shape index (κ3) is 3.39. The molecular formula is C9H17N5S. The zero-order chi connectivity index (χ0) is 10.5. The van der Waals surface area contributed by atoms with Crippen molar-refractivity contribution in [3.8, 4) is 0 Å². The van der Waals surface area contributed by atoms with Crippen LogP contribution >= 0.6 is 11.8 Å². The van der Waals surface area contributed by atoms with Crippen LogP contribution in [-0.2, 0) is 0 Å². The van der Waals surface area contributed by atoms with Crippen molar-refractivity contribution in [2.24, 2.45) is 0 Å². The fourth-order valence-electron chi connectivity index (χ4n) is 1.82. The van der Waals surface area contributed by atoms with E-state index in [0.717, 1.165) is 17.0 Å². The second-order valence-electron chi connectivity index (χ2n) is 3.79. The van der Waals surface area contributed by atoms with E-state index in [1.807, 2.05) is 0 Å². The fraction of sp³-hybridized carbons (Fsp3) is 0.778. The van der Waals surface area contributed by atoms with E-state index in [0.29, 0.717) is 5.95 Å². The number of thioether (sulfide) groups is 1. The first kappa shape index (κ1) is 10.8. The van der Waals surface area contributed by atoms with Gasteiger partial charge in [-0.3, -0.25) is 0 Å². The first-order chi connectivity index (χ1) is 7.34. The Morgan fingerprint density at radius 2 is 2.47 bits per heavy atom. The predicted octanol–water partition coefficient (Wildman–Crippen LogP) is 1.01. The average Bonchev–Trinajstić information content (AvgIpc) is 2.84. The molecule has 1 aliphatic heterocycles. The third-order valence-corrected chi connectivity index (χ3v) is 3.51. The summed E-state index contributed by atoms with van der Waals surface area (Å²) in [6, 6.07) is 0.739. The zero-order valence-electron chi connectivity index (χ0n) is 8.70. The summed E-state index contributed by atoms with van der Waals surface area (Å²) in [7, 11) is 0. The number of aromatic nitrogens is 3. The highest BCUT2D eigenvalue weighted by Crippen LogP contribution is 2.17. The van der Waals surface area contributed by atoms with Crippen LogP contribution in [0.4, 0.5) is 5.95 Å². The maximum atomic E-state index is 5.43. The molecule has 0 aliphatic carbocycles. The minimum absolute atomic E-state index is 0.398. The van der Waals surface area contributed by atoms with E-state index in [2.05, 4.69) is 20.5 Å². The van der Waals surface area contributed by atoms with E-state index in [1.54, 1.807) is 11.8 Å². The highest BCUT2D eigenvalue weighted by atomic mass is 32.2. The maximum absolute atomic E-state index is 5.43. The molecule has 1 aromatic rings. The van der Waals surface area contributed by atoms with Crippen LogP contribution in [0.25, 0.3) is 0 Å². The quantitative estimate of drug-likeness (QED) is 0.517. The molecule has 84 valence electrons. The van der Waals surface area contributed by atoms with Gasteiger partial charge in [0.15, 0.2) is 0 Å². The van der Waals surface area contributed by atoms with Crippen molar-refractivity contribution in [2.45, 2.75) is 36.9 Å². The lowest BCUT2D eigenvalue weighted by Gasteiger charge is -2.08. The van der Waals surface area contributed by atoms with E-state index in [-0.39, 0.29) is 0 Å². The number of anilines is 1. The van der Waals surface area contributed by atoms with E-state index < -0.39 is 0 Å². The van der Waals surface area contributed by atoms with Crippen LogP contribution in [0.15, 0.2) is 5.16 Å². The van der Waals surface area contributed by atoms with Crippen molar-refractivity contribution in [2.75, 3.05) is 18.0 Å². The maximum Gasteiger partial charge on any atom is 0.216 e. The molecule has 6 heteroatoms. The molecule has 0 saturated carbocycles. The molecular weight excluding hydrogens is 210 g/mol. The lowest BCUT2D eigenvalue weighted by molar-refractivity contribution is 0.553. The van der Waals surface area contributed by atoms with Crippen molar-refractivity contribution >= 4 is 17.7 Å². The Labute approximate surface area is 93.6 Å². The smallest absolute Gasteiger partial charge is 0.216 e. The molecule has 15 heavy (non-hydrogen) atoms. The molecule has 0 bridgehead atoms. The van der Waals surface area contributed by atoms with Crippen molar-refractivity contribution in [1.82, 2.24) is 20.5 Å². The summed E-state index contributed by atoms with van der Waals surface area (Å²) >= 11 is 1.66. The third-order valence-electron chi connectivity index (χ3n) is 2.57. The Hall–Kier alpha value is -0.750. The molecule has 0 amide bonds. The second kappa shape index (κ2) is 5.37. The van der Waals surface area contributed by atoms with E-state index in [4.69, 9.17) is 5.73 Å². The Bertz CT molecular complexity index is 294. The van der Waals surface area contributed by atoms with Gasteiger partial charge in [0, 0.05) is 11.8 Å². The monoisotopic (exact) mass is 227 g/mol. The van der Waals surface area contributed by atoms with Crippen LogP contribution in [-0.4, -0.2) is 33.5 Å². The van der Waals surface area contributed by atoms with Crippen LogP contribution in [0, 0.1) is 0 Å². The van der Waals surface area contributed by atoms with Gasteiger partial charge >= 0.3 is 0 Å². The van der Waals surface area contributed by atoms with Crippen molar-refractivity contribution in [3.63, 3.8) is 0 Å². The number of nitrogens with two attached hydrogens (primary N) is 1.